The maximum Gasteiger partial charge on any atom is 0.404 e. The Morgan fingerprint density at radius 1 is 1.14 bits per heavy atom. The summed E-state index contributed by atoms with van der Waals surface area (Å²) in [5.41, 5.74) is 12.0. The Balaban J connectivity index is 1.68. The van der Waals surface area contributed by atoms with Crippen LogP contribution in [0.25, 0.3) is 0 Å². The van der Waals surface area contributed by atoms with Crippen molar-refractivity contribution in [1.29, 1.82) is 0 Å². The SMILES string of the molecule is NC(=O)OC1CCC2CN(C(=O)c3ccc(N)cc3)CC21. The van der Waals surface area contributed by atoms with Gasteiger partial charge in [0.25, 0.3) is 5.91 Å². The minimum Gasteiger partial charge on any atom is -0.446 e. The number of hydrogen-bond acceptors (Lipinski definition) is 4. The molecule has 0 radical (unpaired) electrons. The molecule has 3 unspecified atom stereocenters. The molecule has 1 aliphatic carbocycles. The van der Waals surface area contributed by atoms with Crippen molar-refractivity contribution in [1.82, 2.24) is 4.90 Å². The van der Waals surface area contributed by atoms with Crippen LogP contribution in [0.2, 0.25) is 0 Å². The van der Waals surface area contributed by atoms with Crippen LogP contribution in [0.5, 0.6) is 0 Å². The van der Waals surface area contributed by atoms with Gasteiger partial charge in [0, 0.05) is 30.3 Å². The number of carbonyl (C=O) groups is 2. The van der Waals surface area contributed by atoms with E-state index in [0.717, 1.165) is 12.8 Å². The summed E-state index contributed by atoms with van der Waals surface area (Å²) in [7, 11) is 0. The lowest BCUT2D eigenvalue weighted by Crippen LogP contribution is -2.33. The average Bonchev–Trinajstić information content (AvgIpc) is 3.00. The van der Waals surface area contributed by atoms with E-state index in [4.69, 9.17) is 16.2 Å². The molecule has 2 amide bonds. The Bertz CT molecular complexity index is 558. The smallest absolute Gasteiger partial charge is 0.404 e. The molecule has 3 atom stereocenters. The molecule has 112 valence electrons. The first kappa shape index (κ1) is 13.7. The van der Waals surface area contributed by atoms with E-state index in [0.29, 0.717) is 30.3 Å². The van der Waals surface area contributed by atoms with Crippen LogP contribution >= 0.6 is 0 Å². The van der Waals surface area contributed by atoms with Gasteiger partial charge < -0.3 is 21.1 Å². The highest BCUT2D eigenvalue weighted by Crippen LogP contribution is 2.40. The fraction of sp³-hybridized carbons (Fsp3) is 0.467. The number of nitrogens with two attached hydrogens (primary N) is 2. The number of rotatable bonds is 2. The second kappa shape index (κ2) is 5.27. The van der Waals surface area contributed by atoms with Crippen LogP contribution in [-0.2, 0) is 4.74 Å². The first-order valence-corrected chi connectivity index (χ1v) is 7.15. The third-order valence-electron chi connectivity index (χ3n) is 4.50. The van der Waals surface area contributed by atoms with E-state index in [-0.39, 0.29) is 17.9 Å². The number of nitrogen functional groups attached to an aromatic ring is 1. The average molecular weight is 289 g/mol. The Labute approximate surface area is 123 Å². The van der Waals surface area contributed by atoms with Gasteiger partial charge in [-0.05, 0) is 43.0 Å². The number of likely N-dealkylation sites (tertiary alicyclic amines) is 1. The molecule has 6 nitrogen and oxygen atoms in total. The van der Waals surface area contributed by atoms with Gasteiger partial charge in [0.1, 0.15) is 6.10 Å². The van der Waals surface area contributed by atoms with E-state index >= 15 is 0 Å². The minimum absolute atomic E-state index is 0.00206. The van der Waals surface area contributed by atoms with Crippen molar-refractivity contribution in [3.05, 3.63) is 29.8 Å². The molecule has 2 fully saturated rings. The van der Waals surface area contributed by atoms with Crippen molar-refractivity contribution < 1.29 is 14.3 Å². The first-order valence-electron chi connectivity index (χ1n) is 7.15. The Morgan fingerprint density at radius 3 is 2.52 bits per heavy atom. The molecule has 0 spiro atoms. The molecule has 3 rings (SSSR count). The molecule has 1 saturated carbocycles. The fourth-order valence-corrected chi connectivity index (χ4v) is 3.49. The summed E-state index contributed by atoms with van der Waals surface area (Å²) >= 11 is 0. The zero-order chi connectivity index (χ0) is 15.0. The predicted molar refractivity (Wildman–Crippen MR) is 77.4 cm³/mol. The van der Waals surface area contributed by atoms with Gasteiger partial charge >= 0.3 is 6.09 Å². The number of anilines is 1. The maximum absolute atomic E-state index is 12.5. The fourth-order valence-electron chi connectivity index (χ4n) is 3.49. The summed E-state index contributed by atoms with van der Waals surface area (Å²) in [6.45, 7) is 1.33. The van der Waals surface area contributed by atoms with Crippen molar-refractivity contribution in [2.45, 2.75) is 18.9 Å². The van der Waals surface area contributed by atoms with Gasteiger partial charge in [-0.15, -0.1) is 0 Å². The Kier molecular flexibility index (Phi) is 3.45. The maximum atomic E-state index is 12.5. The van der Waals surface area contributed by atoms with E-state index in [2.05, 4.69) is 0 Å². The van der Waals surface area contributed by atoms with Crippen LogP contribution in [0.4, 0.5) is 10.5 Å². The van der Waals surface area contributed by atoms with Crippen molar-refractivity contribution in [3.8, 4) is 0 Å². The molecule has 4 N–H and O–H groups in total. The number of hydrogen-bond donors (Lipinski definition) is 2. The molecule has 0 aromatic heterocycles. The number of amides is 2. The number of benzene rings is 1. The molecule has 1 aromatic rings. The highest BCUT2D eigenvalue weighted by Gasteiger charge is 2.45. The predicted octanol–water partition coefficient (Wildman–Crippen LogP) is 1.21. The zero-order valence-corrected chi connectivity index (χ0v) is 11.7. The van der Waals surface area contributed by atoms with E-state index in [1.165, 1.54) is 0 Å². The van der Waals surface area contributed by atoms with E-state index in [9.17, 15) is 9.59 Å². The topological polar surface area (TPSA) is 98.7 Å². The van der Waals surface area contributed by atoms with Crippen molar-refractivity contribution in [3.63, 3.8) is 0 Å². The summed E-state index contributed by atoms with van der Waals surface area (Å²) < 4.78 is 5.16. The lowest BCUT2D eigenvalue weighted by molar-refractivity contribution is 0.0695. The van der Waals surface area contributed by atoms with Crippen molar-refractivity contribution in [2.24, 2.45) is 17.6 Å². The molecular formula is C15H19N3O3. The molecule has 0 bridgehead atoms. The molecule has 1 aromatic carbocycles. The second-order valence-corrected chi connectivity index (χ2v) is 5.81. The Morgan fingerprint density at radius 2 is 1.86 bits per heavy atom. The highest BCUT2D eigenvalue weighted by molar-refractivity contribution is 5.94. The molecule has 6 heteroatoms. The van der Waals surface area contributed by atoms with Gasteiger partial charge in [0.2, 0.25) is 0 Å². The standard InChI is InChI=1S/C15H19N3O3/c16-11-4-1-9(2-5-11)14(19)18-7-10-3-6-13(12(10)8-18)21-15(17)20/h1-2,4-5,10,12-13H,3,6-8,16H2,(H2,17,20). The van der Waals surface area contributed by atoms with Gasteiger partial charge in [-0.25, -0.2) is 4.79 Å². The van der Waals surface area contributed by atoms with Crippen LogP contribution in [0.1, 0.15) is 23.2 Å². The van der Waals surface area contributed by atoms with Gasteiger partial charge in [-0.1, -0.05) is 0 Å². The lowest BCUT2D eigenvalue weighted by atomic mass is 9.99. The van der Waals surface area contributed by atoms with Crippen LogP contribution < -0.4 is 11.5 Å². The molecule has 1 saturated heterocycles. The number of carbonyl (C=O) groups excluding carboxylic acids is 2. The first-order chi connectivity index (χ1) is 10.0. The lowest BCUT2D eigenvalue weighted by Gasteiger charge is -2.20. The number of ether oxygens (including phenoxy) is 1. The third kappa shape index (κ3) is 2.66. The monoisotopic (exact) mass is 289 g/mol. The summed E-state index contributed by atoms with van der Waals surface area (Å²) in [4.78, 5) is 25.2. The quantitative estimate of drug-likeness (QED) is 0.799. The van der Waals surface area contributed by atoms with Gasteiger partial charge in [0.15, 0.2) is 0 Å². The third-order valence-corrected chi connectivity index (χ3v) is 4.50. The van der Waals surface area contributed by atoms with E-state index in [1.54, 1.807) is 24.3 Å². The Hall–Kier alpha value is -2.24. The van der Waals surface area contributed by atoms with E-state index in [1.807, 2.05) is 4.90 Å². The van der Waals surface area contributed by atoms with Gasteiger partial charge in [-0.2, -0.15) is 0 Å². The van der Waals surface area contributed by atoms with Crippen molar-refractivity contribution in [2.75, 3.05) is 18.8 Å². The highest BCUT2D eigenvalue weighted by atomic mass is 16.6. The minimum atomic E-state index is -0.732. The second-order valence-electron chi connectivity index (χ2n) is 5.81. The van der Waals surface area contributed by atoms with Crippen LogP contribution in [-0.4, -0.2) is 36.1 Å². The number of primary amides is 1. The summed E-state index contributed by atoms with van der Waals surface area (Å²) in [5.74, 6) is 0.601. The molecule has 21 heavy (non-hydrogen) atoms. The molecular weight excluding hydrogens is 270 g/mol. The molecule has 1 heterocycles. The normalized spacial score (nSPS) is 27.4. The summed E-state index contributed by atoms with van der Waals surface area (Å²) in [5, 5.41) is 0. The zero-order valence-electron chi connectivity index (χ0n) is 11.7. The van der Waals surface area contributed by atoms with Crippen LogP contribution in [0.15, 0.2) is 24.3 Å². The summed E-state index contributed by atoms with van der Waals surface area (Å²) in [6.07, 6.45) is 0.914. The van der Waals surface area contributed by atoms with Crippen LogP contribution in [0.3, 0.4) is 0 Å². The molecule has 2 aliphatic rings. The van der Waals surface area contributed by atoms with Gasteiger partial charge in [-0.3, -0.25) is 4.79 Å². The number of fused-ring (bicyclic) bond motifs is 1. The number of nitrogens with zero attached hydrogens (tertiary/aromatic N) is 1. The largest absolute Gasteiger partial charge is 0.446 e. The summed E-state index contributed by atoms with van der Waals surface area (Å²) in [6, 6.07) is 6.93. The van der Waals surface area contributed by atoms with Crippen molar-refractivity contribution >= 4 is 17.7 Å². The molecule has 1 aliphatic heterocycles. The van der Waals surface area contributed by atoms with Crippen LogP contribution in [0, 0.1) is 11.8 Å². The van der Waals surface area contributed by atoms with Gasteiger partial charge in [0.05, 0.1) is 0 Å². The van der Waals surface area contributed by atoms with E-state index < -0.39 is 6.09 Å².